The van der Waals surface area contributed by atoms with Crippen LogP contribution in [-0.4, -0.2) is 71.2 Å². The van der Waals surface area contributed by atoms with Gasteiger partial charge in [-0.25, -0.2) is 0 Å². The van der Waals surface area contributed by atoms with Crippen LogP contribution in [0.4, 0.5) is 0 Å². The third-order valence-corrected chi connectivity index (χ3v) is 4.35. The molecule has 97 valence electrons. The minimum Gasteiger partial charge on any atom is -0.282 e. The summed E-state index contributed by atoms with van der Waals surface area (Å²) in [5.74, 6) is 0. The Hall–Kier alpha value is -0.105. The van der Waals surface area contributed by atoms with Crippen molar-refractivity contribution in [2.24, 2.45) is 0 Å². The van der Waals surface area contributed by atoms with Crippen molar-refractivity contribution in [2.45, 2.75) is 11.8 Å². The van der Waals surface area contributed by atoms with Gasteiger partial charge in [-0.3, -0.25) is 4.55 Å². The van der Waals surface area contributed by atoms with Crippen LogP contribution in [0.15, 0.2) is 53.4 Å². The molecule has 1 radical (unpaired) electrons. The van der Waals surface area contributed by atoms with Gasteiger partial charge < -0.3 is 0 Å². The maximum Gasteiger partial charge on any atom is 0.295 e. The first-order valence-corrected chi connectivity index (χ1v) is 7.30. The number of hydrogen-bond donors (Lipinski definition) is 1. The molecule has 0 unspecified atom stereocenters. The second kappa shape index (κ2) is 5.95. The van der Waals surface area contributed by atoms with Crippen LogP contribution in [0.2, 0.25) is 0 Å². The predicted octanol–water partition coefficient (Wildman–Crippen LogP) is 3.17. The van der Waals surface area contributed by atoms with E-state index in [4.69, 9.17) is 0 Å². The number of hydrogen-bond acceptors (Lipinski definition) is 2. The van der Waals surface area contributed by atoms with E-state index in [1.807, 2.05) is 36.4 Å². The fraction of sp³-hybridized carbons (Fsp3) is 0.0667. The summed E-state index contributed by atoms with van der Waals surface area (Å²) in [6, 6.07) is 15.0. The Balaban J connectivity index is 0.00000147. The van der Waals surface area contributed by atoms with Gasteiger partial charge >= 0.3 is 0 Å². The van der Waals surface area contributed by atoms with Crippen molar-refractivity contribution in [3.63, 3.8) is 0 Å². The molecule has 1 N–H and O–H groups in total. The molecule has 0 atom stereocenters. The zero-order chi connectivity index (χ0) is 13.6. The summed E-state index contributed by atoms with van der Waals surface area (Å²) in [5.41, 5.74) is 0.547. The van der Waals surface area contributed by atoms with Gasteiger partial charge in [0.2, 0.25) is 0 Å². The number of rotatable bonds is 1. The molecule has 0 aliphatic heterocycles. The standard InChI is InChI=1S/C15H12O3S.Rb/c1-10-6-7-13-8-11-4-2-3-5-12(11)9-14(13)15(10)19(16,17)18;/h2-9H,1H3,(H,16,17,18);. The maximum absolute atomic E-state index is 11.6. The molecule has 20 heavy (non-hydrogen) atoms. The average Bonchev–Trinajstić information content (AvgIpc) is 2.34. The minimum atomic E-state index is -4.23. The van der Waals surface area contributed by atoms with E-state index in [2.05, 4.69) is 0 Å². The molecular weight excluding hydrogens is 346 g/mol. The van der Waals surface area contributed by atoms with Crippen LogP contribution in [0, 0.1) is 6.92 Å². The van der Waals surface area contributed by atoms with Gasteiger partial charge in [-0.05, 0) is 40.8 Å². The number of aryl methyl sites for hydroxylation is 1. The zero-order valence-corrected chi connectivity index (χ0v) is 17.0. The number of benzene rings is 3. The summed E-state index contributed by atoms with van der Waals surface area (Å²) in [7, 11) is -4.23. The van der Waals surface area contributed by atoms with Crippen molar-refractivity contribution in [1.29, 1.82) is 0 Å². The molecule has 0 aliphatic carbocycles. The molecule has 3 aromatic rings. The van der Waals surface area contributed by atoms with Gasteiger partial charge in [0, 0.05) is 63.6 Å². The molecule has 3 aromatic carbocycles. The number of fused-ring (bicyclic) bond motifs is 2. The quantitative estimate of drug-likeness (QED) is 0.537. The molecule has 0 amide bonds. The van der Waals surface area contributed by atoms with Gasteiger partial charge in [0.15, 0.2) is 0 Å². The Bertz CT molecular complexity index is 902. The minimum absolute atomic E-state index is 0. The van der Waals surface area contributed by atoms with Crippen molar-refractivity contribution >= 4 is 89.9 Å². The van der Waals surface area contributed by atoms with Crippen LogP contribution in [0.1, 0.15) is 5.56 Å². The first-order chi connectivity index (χ1) is 8.97. The van der Waals surface area contributed by atoms with Gasteiger partial charge in [-0.2, -0.15) is 8.42 Å². The molecular formula is C15H12O3RbS. The van der Waals surface area contributed by atoms with E-state index in [1.54, 1.807) is 19.1 Å². The van der Waals surface area contributed by atoms with E-state index in [-0.39, 0.29) is 63.1 Å². The van der Waals surface area contributed by atoms with Gasteiger partial charge in [0.05, 0.1) is 0 Å². The molecule has 0 saturated heterocycles. The molecule has 0 heterocycles. The Morgan fingerprint density at radius 2 is 1.50 bits per heavy atom. The van der Waals surface area contributed by atoms with Crippen molar-refractivity contribution in [3.8, 4) is 0 Å². The van der Waals surface area contributed by atoms with Crippen LogP contribution in [0.25, 0.3) is 21.5 Å². The van der Waals surface area contributed by atoms with Gasteiger partial charge in [0.25, 0.3) is 10.1 Å². The van der Waals surface area contributed by atoms with E-state index in [9.17, 15) is 13.0 Å². The first kappa shape index (κ1) is 16.3. The van der Waals surface area contributed by atoms with Crippen LogP contribution < -0.4 is 0 Å². The summed E-state index contributed by atoms with van der Waals surface area (Å²) in [5, 5.41) is 3.35. The molecule has 0 aliphatic rings. The zero-order valence-electron chi connectivity index (χ0n) is 11.3. The smallest absolute Gasteiger partial charge is 0.282 e. The van der Waals surface area contributed by atoms with Crippen LogP contribution in [0.3, 0.4) is 0 Å². The predicted molar refractivity (Wildman–Crippen MR) is 81.8 cm³/mol. The molecule has 0 bridgehead atoms. The topological polar surface area (TPSA) is 54.4 Å². The third kappa shape index (κ3) is 2.91. The molecule has 0 saturated carbocycles. The molecule has 0 spiro atoms. The van der Waals surface area contributed by atoms with Crippen molar-refractivity contribution < 1.29 is 13.0 Å². The normalized spacial score (nSPS) is 11.5. The third-order valence-electron chi connectivity index (χ3n) is 3.29. The Morgan fingerprint density at radius 1 is 0.900 bits per heavy atom. The summed E-state index contributed by atoms with van der Waals surface area (Å²) < 4.78 is 32.5. The van der Waals surface area contributed by atoms with E-state index < -0.39 is 10.1 Å². The first-order valence-electron chi connectivity index (χ1n) is 5.86. The molecule has 5 heteroatoms. The van der Waals surface area contributed by atoms with Crippen LogP contribution >= 0.6 is 0 Å². The van der Waals surface area contributed by atoms with Gasteiger partial charge in [-0.1, -0.05) is 36.4 Å². The van der Waals surface area contributed by atoms with Crippen molar-refractivity contribution in [2.75, 3.05) is 0 Å². The Kier molecular flexibility index (Phi) is 4.84. The summed E-state index contributed by atoms with van der Waals surface area (Å²) >= 11 is 0. The van der Waals surface area contributed by atoms with Gasteiger partial charge in [0.1, 0.15) is 4.90 Å². The second-order valence-corrected chi connectivity index (χ2v) is 5.97. The fourth-order valence-corrected chi connectivity index (χ4v) is 3.37. The Morgan fingerprint density at radius 3 is 2.10 bits per heavy atom. The summed E-state index contributed by atoms with van der Waals surface area (Å²) in [6.07, 6.45) is 0. The van der Waals surface area contributed by atoms with E-state index in [0.29, 0.717) is 10.9 Å². The Labute approximate surface area is 166 Å². The average molecular weight is 358 g/mol. The fourth-order valence-electron chi connectivity index (χ4n) is 2.44. The molecule has 3 nitrogen and oxygen atoms in total. The largest absolute Gasteiger partial charge is 0.295 e. The maximum atomic E-state index is 11.6. The van der Waals surface area contributed by atoms with E-state index >= 15 is 0 Å². The monoisotopic (exact) mass is 357 g/mol. The molecule has 0 aromatic heterocycles. The summed E-state index contributed by atoms with van der Waals surface area (Å²) in [6.45, 7) is 1.68. The second-order valence-electron chi connectivity index (χ2n) is 4.61. The SMILES string of the molecule is Cc1ccc2cc3ccccc3cc2c1S(=O)(=O)O.[Rb]. The van der Waals surface area contributed by atoms with E-state index in [1.165, 1.54) is 0 Å². The van der Waals surface area contributed by atoms with Gasteiger partial charge in [-0.15, -0.1) is 0 Å². The summed E-state index contributed by atoms with van der Waals surface area (Å²) in [4.78, 5) is -0.00393. The van der Waals surface area contributed by atoms with Crippen LogP contribution in [-0.2, 0) is 10.1 Å². The van der Waals surface area contributed by atoms with E-state index in [0.717, 1.165) is 16.2 Å². The molecule has 0 fully saturated rings. The molecule has 3 rings (SSSR count). The van der Waals surface area contributed by atoms with Crippen LogP contribution in [0.5, 0.6) is 0 Å². The van der Waals surface area contributed by atoms with Crippen molar-refractivity contribution in [3.05, 3.63) is 54.1 Å². The van der Waals surface area contributed by atoms with Crippen molar-refractivity contribution in [1.82, 2.24) is 0 Å².